The SMILES string of the molecule is NC1=NC(C(F)F)CCO1. The van der Waals surface area contributed by atoms with Crippen molar-refractivity contribution in [2.24, 2.45) is 10.7 Å². The molecule has 1 aliphatic heterocycles. The fourth-order valence-electron chi connectivity index (χ4n) is 0.732. The number of amidine groups is 1. The van der Waals surface area contributed by atoms with Crippen LogP contribution in [0.4, 0.5) is 8.78 Å². The minimum Gasteiger partial charge on any atom is -0.465 e. The summed E-state index contributed by atoms with van der Waals surface area (Å²) in [6, 6.07) is -1.09. The van der Waals surface area contributed by atoms with E-state index < -0.39 is 12.5 Å². The lowest BCUT2D eigenvalue weighted by atomic mass is 10.2. The van der Waals surface area contributed by atoms with Crippen molar-refractivity contribution >= 4 is 6.02 Å². The number of nitrogens with zero attached hydrogens (tertiary/aromatic N) is 1. The van der Waals surface area contributed by atoms with Crippen molar-refractivity contribution in [1.82, 2.24) is 0 Å². The molecule has 1 heterocycles. The molecule has 0 amide bonds. The molecule has 10 heavy (non-hydrogen) atoms. The molecular formula is C5H8F2N2O. The standard InChI is InChI=1S/C5H8F2N2O/c6-4(7)3-1-2-10-5(8)9-3/h3-4H,1-2H2,(H2,8,9). The van der Waals surface area contributed by atoms with Gasteiger partial charge in [-0.15, -0.1) is 0 Å². The number of ether oxygens (including phenoxy) is 1. The fourth-order valence-corrected chi connectivity index (χ4v) is 0.732. The van der Waals surface area contributed by atoms with Crippen LogP contribution in [0.2, 0.25) is 0 Å². The third-order valence-corrected chi connectivity index (χ3v) is 1.25. The van der Waals surface area contributed by atoms with Crippen LogP contribution < -0.4 is 5.73 Å². The van der Waals surface area contributed by atoms with Crippen LogP contribution in [0.1, 0.15) is 6.42 Å². The highest BCUT2D eigenvalue weighted by Gasteiger charge is 2.23. The minimum atomic E-state index is -2.43. The van der Waals surface area contributed by atoms with E-state index in [0.717, 1.165) is 0 Å². The van der Waals surface area contributed by atoms with E-state index in [4.69, 9.17) is 5.73 Å². The van der Waals surface area contributed by atoms with E-state index in [1.807, 2.05) is 0 Å². The van der Waals surface area contributed by atoms with Gasteiger partial charge in [0.1, 0.15) is 6.04 Å². The lowest BCUT2D eigenvalue weighted by molar-refractivity contribution is 0.0925. The van der Waals surface area contributed by atoms with Crippen molar-refractivity contribution in [3.05, 3.63) is 0 Å². The first kappa shape index (κ1) is 7.24. The Kier molecular flexibility index (Phi) is 2.03. The van der Waals surface area contributed by atoms with Gasteiger partial charge < -0.3 is 10.5 Å². The summed E-state index contributed by atoms with van der Waals surface area (Å²) in [7, 11) is 0. The van der Waals surface area contributed by atoms with Gasteiger partial charge in [0.15, 0.2) is 0 Å². The van der Waals surface area contributed by atoms with Crippen LogP contribution in [0.5, 0.6) is 0 Å². The monoisotopic (exact) mass is 150 g/mol. The summed E-state index contributed by atoms with van der Waals surface area (Å²) < 4.78 is 28.4. The van der Waals surface area contributed by atoms with Gasteiger partial charge in [-0.3, -0.25) is 0 Å². The van der Waals surface area contributed by atoms with E-state index in [-0.39, 0.29) is 19.0 Å². The third-order valence-electron chi connectivity index (χ3n) is 1.25. The molecule has 1 rings (SSSR count). The minimum absolute atomic E-state index is 0.128. The summed E-state index contributed by atoms with van der Waals surface area (Å²) in [5.41, 5.74) is 5.06. The topological polar surface area (TPSA) is 47.6 Å². The van der Waals surface area contributed by atoms with Crippen molar-refractivity contribution < 1.29 is 13.5 Å². The first-order chi connectivity index (χ1) is 4.70. The second-order valence-electron chi connectivity index (χ2n) is 2.01. The molecule has 0 aromatic rings. The van der Waals surface area contributed by atoms with Crippen LogP contribution in [0.25, 0.3) is 0 Å². The Labute approximate surface area is 56.9 Å². The van der Waals surface area contributed by atoms with Gasteiger partial charge in [-0.05, 0) is 0 Å². The molecule has 0 saturated carbocycles. The van der Waals surface area contributed by atoms with Gasteiger partial charge in [0, 0.05) is 6.42 Å². The number of nitrogens with two attached hydrogens (primary N) is 1. The number of hydrogen-bond donors (Lipinski definition) is 1. The second kappa shape index (κ2) is 2.81. The van der Waals surface area contributed by atoms with Crippen LogP contribution in [0.3, 0.4) is 0 Å². The predicted molar refractivity (Wildman–Crippen MR) is 32.0 cm³/mol. The molecule has 0 aliphatic carbocycles. The molecule has 3 nitrogen and oxygen atoms in total. The number of rotatable bonds is 1. The van der Waals surface area contributed by atoms with E-state index >= 15 is 0 Å². The molecule has 0 bridgehead atoms. The summed E-state index contributed by atoms with van der Waals surface area (Å²) in [5.74, 6) is 0. The Morgan fingerprint density at radius 3 is 2.80 bits per heavy atom. The molecular weight excluding hydrogens is 142 g/mol. The fraction of sp³-hybridized carbons (Fsp3) is 0.800. The summed E-state index contributed by atoms with van der Waals surface area (Å²) in [4.78, 5) is 3.40. The number of aliphatic imine (C=N–C) groups is 1. The Morgan fingerprint density at radius 2 is 2.40 bits per heavy atom. The van der Waals surface area contributed by atoms with E-state index in [1.54, 1.807) is 0 Å². The maximum atomic E-state index is 11.9. The normalized spacial score (nSPS) is 25.9. The van der Waals surface area contributed by atoms with Crippen molar-refractivity contribution in [2.45, 2.75) is 18.9 Å². The molecule has 0 spiro atoms. The Balaban J connectivity index is 2.53. The lowest BCUT2D eigenvalue weighted by Gasteiger charge is -2.17. The van der Waals surface area contributed by atoms with Gasteiger partial charge in [0.05, 0.1) is 6.61 Å². The molecule has 0 radical (unpaired) electrons. The van der Waals surface area contributed by atoms with E-state index in [9.17, 15) is 8.78 Å². The summed E-state index contributed by atoms with van der Waals surface area (Å²) >= 11 is 0. The Bertz CT molecular complexity index is 149. The molecule has 1 atom stereocenters. The third kappa shape index (κ3) is 1.55. The maximum Gasteiger partial charge on any atom is 0.282 e. The van der Waals surface area contributed by atoms with Crippen molar-refractivity contribution in [1.29, 1.82) is 0 Å². The number of halogens is 2. The van der Waals surface area contributed by atoms with Gasteiger partial charge in [0.25, 0.3) is 12.4 Å². The van der Waals surface area contributed by atoms with Gasteiger partial charge >= 0.3 is 0 Å². The van der Waals surface area contributed by atoms with Crippen molar-refractivity contribution in [3.8, 4) is 0 Å². The quantitative estimate of drug-likeness (QED) is 0.586. The molecule has 2 N–H and O–H groups in total. The maximum absolute atomic E-state index is 11.9. The molecule has 1 unspecified atom stereocenters. The average molecular weight is 150 g/mol. The molecule has 0 aromatic heterocycles. The summed E-state index contributed by atoms with van der Waals surface area (Å²) in [6.07, 6.45) is -2.18. The molecule has 5 heteroatoms. The highest BCUT2D eigenvalue weighted by Crippen LogP contribution is 2.12. The highest BCUT2D eigenvalue weighted by molar-refractivity contribution is 5.72. The van der Waals surface area contributed by atoms with Crippen molar-refractivity contribution in [2.75, 3.05) is 6.61 Å². The zero-order chi connectivity index (χ0) is 7.56. The molecule has 0 aromatic carbocycles. The van der Waals surface area contributed by atoms with E-state index in [2.05, 4.69) is 9.73 Å². The van der Waals surface area contributed by atoms with Gasteiger partial charge in [-0.2, -0.15) is 0 Å². The average Bonchev–Trinajstić information content (AvgIpc) is 1.88. The Hall–Kier alpha value is -0.870. The highest BCUT2D eigenvalue weighted by atomic mass is 19.3. The number of hydrogen-bond acceptors (Lipinski definition) is 3. The Morgan fingerprint density at radius 1 is 1.70 bits per heavy atom. The zero-order valence-corrected chi connectivity index (χ0v) is 5.26. The van der Waals surface area contributed by atoms with Crippen LogP contribution >= 0.6 is 0 Å². The van der Waals surface area contributed by atoms with Gasteiger partial charge in [0.2, 0.25) is 0 Å². The smallest absolute Gasteiger partial charge is 0.282 e. The largest absolute Gasteiger partial charge is 0.465 e. The summed E-state index contributed by atoms with van der Waals surface area (Å²) in [6.45, 7) is 0.240. The molecule has 1 aliphatic rings. The van der Waals surface area contributed by atoms with Gasteiger partial charge in [-0.25, -0.2) is 13.8 Å². The first-order valence-electron chi connectivity index (χ1n) is 2.94. The zero-order valence-electron chi connectivity index (χ0n) is 5.26. The van der Waals surface area contributed by atoms with E-state index in [0.29, 0.717) is 0 Å². The first-order valence-corrected chi connectivity index (χ1v) is 2.94. The second-order valence-corrected chi connectivity index (χ2v) is 2.01. The number of alkyl halides is 2. The molecule has 0 saturated heterocycles. The van der Waals surface area contributed by atoms with Crippen LogP contribution in [-0.2, 0) is 4.74 Å². The summed E-state index contributed by atoms with van der Waals surface area (Å²) in [5, 5.41) is 0. The lowest BCUT2D eigenvalue weighted by Crippen LogP contribution is -2.30. The van der Waals surface area contributed by atoms with Crippen molar-refractivity contribution in [3.63, 3.8) is 0 Å². The molecule has 58 valence electrons. The van der Waals surface area contributed by atoms with Crippen LogP contribution in [0, 0.1) is 0 Å². The van der Waals surface area contributed by atoms with Crippen LogP contribution in [0.15, 0.2) is 4.99 Å². The van der Waals surface area contributed by atoms with Gasteiger partial charge in [-0.1, -0.05) is 0 Å². The van der Waals surface area contributed by atoms with E-state index in [1.165, 1.54) is 0 Å². The van der Waals surface area contributed by atoms with Crippen LogP contribution in [-0.4, -0.2) is 25.1 Å². The molecule has 0 fully saturated rings. The predicted octanol–water partition coefficient (Wildman–Crippen LogP) is 0.355.